The summed E-state index contributed by atoms with van der Waals surface area (Å²) in [5, 5.41) is 12.8. The topological polar surface area (TPSA) is 80.7 Å². The number of pyridine rings is 1. The van der Waals surface area contributed by atoms with E-state index in [2.05, 4.69) is 10.3 Å². The van der Waals surface area contributed by atoms with Gasteiger partial charge in [0.05, 0.1) is 18.9 Å². The van der Waals surface area contributed by atoms with Crippen LogP contribution in [0, 0.1) is 0 Å². The quantitative estimate of drug-likeness (QED) is 0.666. The van der Waals surface area contributed by atoms with Crippen molar-refractivity contribution in [2.24, 2.45) is 0 Å². The number of hydrogen-bond acceptors (Lipinski definition) is 5. The lowest BCUT2D eigenvalue weighted by Crippen LogP contribution is -2.18. The minimum absolute atomic E-state index is 0.0435. The first kappa shape index (κ1) is 15.7. The highest BCUT2D eigenvalue weighted by Gasteiger charge is 2.18. The van der Waals surface area contributed by atoms with Crippen molar-refractivity contribution in [2.75, 3.05) is 18.5 Å². The zero-order chi connectivity index (χ0) is 16.2. The van der Waals surface area contributed by atoms with E-state index in [0.717, 1.165) is 12.0 Å². The third-order valence-electron chi connectivity index (χ3n) is 3.36. The molecule has 1 aromatic heterocycles. The predicted molar refractivity (Wildman–Crippen MR) is 84.6 cm³/mol. The number of carbonyl (C=O) groups excluding carboxylic acids is 1. The summed E-state index contributed by atoms with van der Waals surface area (Å²) in [6.07, 6.45) is 1.80. The van der Waals surface area contributed by atoms with Crippen LogP contribution in [0.1, 0.15) is 28.6 Å². The van der Waals surface area contributed by atoms with E-state index in [4.69, 9.17) is 21.1 Å². The molecule has 23 heavy (non-hydrogen) atoms. The number of aromatic nitrogens is 1. The lowest BCUT2D eigenvalue weighted by molar-refractivity contribution is -0.183. The number of aromatic hydroxyl groups is 1. The van der Waals surface area contributed by atoms with E-state index in [1.807, 2.05) is 0 Å². The van der Waals surface area contributed by atoms with E-state index < -0.39 is 12.2 Å². The Morgan fingerprint density at radius 3 is 2.78 bits per heavy atom. The molecule has 0 unspecified atom stereocenters. The SMILES string of the molecule is O=C(Nc1cc(C2OCCCO2)ccc1O)c1ccnc(Cl)c1. The molecule has 2 heterocycles. The van der Waals surface area contributed by atoms with E-state index in [-0.39, 0.29) is 16.6 Å². The van der Waals surface area contributed by atoms with Crippen molar-refractivity contribution in [2.45, 2.75) is 12.7 Å². The van der Waals surface area contributed by atoms with Gasteiger partial charge in [-0.2, -0.15) is 0 Å². The molecule has 6 nitrogen and oxygen atoms in total. The Balaban J connectivity index is 1.80. The van der Waals surface area contributed by atoms with Crippen LogP contribution in [0.3, 0.4) is 0 Å². The number of benzene rings is 1. The molecule has 0 atom stereocenters. The normalized spacial score (nSPS) is 15.3. The highest BCUT2D eigenvalue weighted by molar-refractivity contribution is 6.29. The Hall–Kier alpha value is -2.15. The summed E-state index contributed by atoms with van der Waals surface area (Å²) in [5.41, 5.74) is 1.35. The molecular weight excluding hydrogens is 320 g/mol. The van der Waals surface area contributed by atoms with Gasteiger partial charge in [-0.15, -0.1) is 0 Å². The van der Waals surface area contributed by atoms with Crippen molar-refractivity contribution in [1.29, 1.82) is 0 Å². The van der Waals surface area contributed by atoms with Gasteiger partial charge in [0.15, 0.2) is 6.29 Å². The summed E-state index contributed by atoms with van der Waals surface area (Å²) in [4.78, 5) is 16.1. The maximum absolute atomic E-state index is 12.2. The third kappa shape index (κ3) is 3.79. The van der Waals surface area contributed by atoms with Crippen molar-refractivity contribution in [3.63, 3.8) is 0 Å². The first-order chi connectivity index (χ1) is 11.1. The minimum Gasteiger partial charge on any atom is -0.506 e. The Bertz CT molecular complexity index is 717. The predicted octanol–water partition coefficient (Wildman–Crippen LogP) is 3.13. The lowest BCUT2D eigenvalue weighted by Gasteiger charge is -2.24. The smallest absolute Gasteiger partial charge is 0.255 e. The summed E-state index contributed by atoms with van der Waals surface area (Å²) >= 11 is 5.78. The van der Waals surface area contributed by atoms with Gasteiger partial charge in [0.1, 0.15) is 10.9 Å². The second kappa shape index (κ2) is 6.95. The molecule has 1 aromatic carbocycles. The summed E-state index contributed by atoms with van der Waals surface area (Å²) in [6.45, 7) is 1.23. The number of nitrogens with one attached hydrogen (secondary N) is 1. The van der Waals surface area contributed by atoms with Gasteiger partial charge in [-0.3, -0.25) is 4.79 Å². The Kier molecular flexibility index (Phi) is 4.76. The molecule has 2 aromatic rings. The van der Waals surface area contributed by atoms with Gasteiger partial charge in [0.25, 0.3) is 5.91 Å². The summed E-state index contributed by atoms with van der Waals surface area (Å²) in [5.74, 6) is -0.440. The number of carbonyl (C=O) groups is 1. The van der Waals surface area contributed by atoms with Gasteiger partial charge >= 0.3 is 0 Å². The second-order valence-corrected chi connectivity index (χ2v) is 5.41. The molecular formula is C16H15ClN2O4. The van der Waals surface area contributed by atoms with E-state index in [9.17, 15) is 9.90 Å². The Morgan fingerprint density at radius 2 is 2.04 bits per heavy atom. The summed E-state index contributed by atoms with van der Waals surface area (Å²) < 4.78 is 11.0. The van der Waals surface area contributed by atoms with Crippen LogP contribution >= 0.6 is 11.6 Å². The summed E-state index contributed by atoms with van der Waals surface area (Å²) in [6, 6.07) is 7.81. The van der Waals surface area contributed by atoms with Crippen LogP contribution in [-0.4, -0.2) is 29.2 Å². The first-order valence-electron chi connectivity index (χ1n) is 7.12. The highest BCUT2D eigenvalue weighted by atomic mass is 35.5. The van der Waals surface area contributed by atoms with Crippen LogP contribution in [-0.2, 0) is 9.47 Å². The van der Waals surface area contributed by atoms with Crippen molar-refractivity contribution >= 4 is 23.2 Å². The molecule has 7 heteroatoms. The van der Waals surface area contributed by atoms with Crippen LogP contribution in [0.2, 0.25) is 5.15 Å². The molecule has 1 fully saturated rings. The third-order valence-corrected chi connectivity index (χ3v) is 3.56. The maximum Gasteiger partial charge on any atom is 0.255 e. The van der Waals surface area contributed by atoms with E-state index in [1.165, 1.54) is 24.4 Å². The van der Waals surface area contributed by atoms with Crippen molar-refractivity contribution in [3.05, 3.63) is 52.8 Å². The van der Waals surface area contributed by atoms with Gasteiger partial charge < -0.3 is 19.9 Å². The summed E-state index contributed by atoms with van der Waals surface area (Å²) in [7, 11) is 0. The van der Waals surface area contributed by atoms with Crippen LogP contribution in [0.15, 0.2) is 36.5 Å². The van der Waals surface area contributed by atoms with Crippen molar-refractivity contribution in [3.8, 4) is 5.75 Å². The van der Waals surface area contributed by atoms with Gasteiger partial charge in [-0.1, -0.05) is 17.7 Å². The van der Waals surface area contributed by atoms with Gasteiger partial charge in [0.2, 0.25) is 0 Å². The average Bonchev–Trinajstić information content (AvgIpc) is 2.57. The highest BCUT2D eigenvalue weighted by Crippen LogP contribution is 2.30. The number of nitrogens with zero attached hydrogens (tertiary/aromatic N) is 1. The molecule has 0 spiro atoms. The average molecular weight is 335 g/mol. The minimum atomic E-state index is -0.490. The van der Waals surface area contributed by atoms with Crippen LogP contribution in [0.4, 0.5) is 5.69 Å². The number of rotatable bonds is 3. The van der Waals surface area contributed by atoms with E-state index in [0.29, 0.717) is 18.8 Å². The molecule has 0 radical (unpaired) electrons. The molecule has 3 rings (SSSR count). The van der Waals surface area contributed by atoms with Crippen molar-refractivity contribution < 1.29 is 19.4 Å². The van der Waals surface area contributed by atoms with Gasteiger partial charge in [-0.25, -0.2) is 4.98 Å². The van der Waals surface area contributed by atoms with E-state index in [1.54, 1.807) is 12.1 Å². The fraction of sp³-hybridized carbons (Fsp3) is 0.250. The van der Waals surface area contributed by atoms with Gasteiger partial charge in [-0.05, 0) is 30.7 Å². The Morgan fingerprint density at radius 1 is 1.26 bits per heavy atom. The van der Waals surface area contributed by atoms with Crippen molar-refractivity contribution in [1.82, 2.24) is 4.98 Å². The number of phenolic OH excluding ortho intramolecular Hbond substituents is 1. The van der Waals surface area contributed by atoms with E-state index >= 15 is 0 Å². The number of ether oxygens (including phenoxy) is 2. The molecule has 1 aliphatic rings. The number of anilines is 1. The number of amides is 1. The largest absolute Gasteiger partial charge is 0.506 e. The fourth-order valence-corrected chi connectivity index (χ4v) is 2.39. The zero-order valence-corrected chi connectivity index (χ0v) is 12.9. The zero-order valence-electron chi connectivity index (χ0n) is 12.2. The molecule has 120 valence electrons. The maximum atomic E-state index is 12.2. The Labute approximate surface area is 138 Å². The van der Waals surface area contributed by atoms with Gasteiger partial charge in [0, 0.05) is 17.3 Å². The standard InChI is InChI=1S/C16H15ClN2O4/c17-14-9-10(4-5-18-14)15(21)19-12-8-11(2-3-13(12)20)16-22-6-1-7-23-16/h2-5,8-9,16,20H,1,6-7H2,(H,19,21). The number of halogens is 1. The molecule has 0 bridgehead atoms. The fourth-order valence-electron chi connectivity index (χ4n) is 2.22. The lowest BCUT2D eigenvalue weighted by atomic mass is 10.1. The van der Waals surface area contributed by atoms with Crippen LogP contribution in [0.25, 0.3) is 0 Å². The number of phenols is 1. The monoisotopic (exact) mass is 334 g/mol. The second-order valence-electron chi connectivity index (χ2n) is 5.03. The molecule has 1 amide bonds. The molecule has 1 aliphatic heterocycles. The molecule has 0 saturated carbocycles. The van der Waals surface area contributed by atoms with Crippen LogP contribution in [0.5, 0.6) is 5.75 Å². The number of hydrogen-bond donors (Lipinski definition) is 2. The molecule has 2 N–H and O–H groups in total. The first-order valence-corrected chi connectivity index (χ1v) is 7.50. The molecule has 1 saturated heterocycles. The molecule has 0 aliphatic carbocycles. The van der Waals surface area contributed by atoms with Crippen LogP contribution < -0.4 is 5.32 Å².